The molecule has 4 rings (SSSR count). The zero-order valence-electron chi connectivity index (χ0n) is 14.1. The predicted octanol–water partition coefficient (Wildman–Crippen LogP) is -2.11. The second kappa shape index (κ2) is 6.48. The first-order valence-electron chi connectivity index (χ1n) is 7.88. The molecule has 4 amide bonds. The third kappa shape index (κ3) is 2.77. The van der Waals surface area contributed by atoms with E-state index in [2.05, 4.69) is 0 Å². The van der Waals surface area contributed by atoms with Gasteiger partial charge < -0.3 is 0 Å². The molecule has 146 valence electrons. The molecule has 2 aliphatic rings. The summed E-state index contributed by atoms with van der Waals surface area (Å²) in [5.41, 5.74) is -0.591. The van der Waals surface area contributed by atoms with E-state index in [0.717, 1.165) is 18.4 Å². The third-order valence-corrected chi connectivity index (χ3v) is 6.93. The fraction of sp³-hybridized carbons (Fsp3) is 0. The fourth-order valence-electron chi connectivity index (χ4n) is 2.90. The van der Waals surface area contributed by atoms with Crippen molar-refractivity contribution >= 4 is 35.6 Å². The summed E-state index contributed by atoms with van der Waals surface area (Å²) in [4.78, 5) is 72.5. The summed E-state index contributed by atoms with van der Waals surface area (Å²) in [5, 5.41) is 18.1. The van der Waals surface area contributed by atoms with Crippen LogP contribution in [0.15, 0.2) is 36.4 Å². The van der Waals surface area contributed by atoms with Gasteiger partial charge in [-0.1, -0.05) is 0 Å². The molecule has 10 nitrogen and oxygen atoms in total. The van der Waals surface area contributed by atoms with Crippen LogP contribution in [-0.2, 0) is 0 Å². The van der Waals surface area contributed by atoms with E-state index in [0.29, 0.717) is 0 Å². The first-order valence-corrected chi connectivity index (χ1v) is 9.81. The number of nitrogens with zero attached hydrogens (tertiary/aromatic N) is 2. The average molecular weight is 507 g/mol. The minimum atomic E-state index is -1.92. The Balaban J connectivity index is 1.64. The van der Waals surface area contributed by atoms with Gasteiger partial charge in [-0.2, -0.15) is 0 Å². The second-order valence-corrected chi connectivity index (χ2v) is 8.35. The van der Waals surface area contributed by atoms with Crippen LogP contribution in [0.25, 0.3) is 0 Å². The van der Waals surface area contributed by atoms with Crippen LogP contribution in [0, 0.1) is 0 Å². The van der Waals surface area contributed by atoms with Crippen LogP contribution < -0.4 is 21.8 Å². The second-order valence-electron chi connectivity index (χ2n) is 5.99. The maximum atomic E-state index is 12.6. The van der Waals surface area contributed by atoms with E-state index < -0.39 is 57.3 Å². The Morgan fingerprint density at radius 3 is 1.31 bits per heavy atom. The molecule has 29 heavy (non-hydrogen) atoms. The Labute approximate surface area is 172 Å². The summed E-state index contributed by atoms with van der Waals surface area (Å²) < 4.78 is 1.55. The van der Waals surface area contributed by atoms with Crippen molar-refractivity contribution in [3.63, 3.8) is 0 Å². The summed E-state index contributed by atoms with van der Waals surface area (Å²) in [6.45, 7) is 0. The molecule has 0 spiro atoms. The summed E-state index contributed by atoms with van der Waals surface area (Å²) >= 11 is -1.92. The van der Waals surface area contributed by atoms with Crippen molar-refractivity contribution in [3.05, 3.63) is 69.8 Å². The number of hydrogen-bond donors (Lipinski definition) is 2. The van der Waals surface area contributed by atoms with Crippen molar-refractivity contribution in [1.29, 1.82) is 0 Å². The summed E-state index contributed by atoms with van der Waals surface area (Å²) in [7, 11) is 0. The first-order chi connectivity index (χ1) is 13.7. The van der Waals surface area contributed by atoms with Crippen LogP contribution in [0.5, 0.6) is 0 Å². The van der Waals surface area contributed by atoms with Gasteiger partial charge in [0.05, 0.1) is 0 Å². The maximum absolute atomic E-state index is 12.6. The molecular formula is C18H8IN2O8-. The van der Waals surface area contributed by atoms with Gasteiger partial charge in [0.25, 0.3) is 0 Å². The number of rotatable bonds is 4. The van der Waals surface area contributed by atoms with Gasteiger partial charge in [0.2, 0.25) is 0 Å². The summed E-state index contributed by atoms with van der Waals surface area (Å²) in [6.07, 6.45) is 0. The molecule has 2 aromatic carbocycles. The molecular weight excluding hydrogens is 499 g/mol. The number of hydrogen-bond acceptors (Lipinski definition) is 6. The van der Waals surface area contributed by atoms with Gasteiger partial charge >= 0.3 is 172 Å². The van der Waals surface area contributed by atoms with Crippen molar-refractivity contribution in [2.45, 2.75) is 0 Å². The van der Waals surface area contributed by atoms with Crippen LogP contribution >= 0.6 is 0 Å². The van der Waals surface area contributed by atoms with Gasteiger partial charge in [0.1, 0.15) is 0 Å². The molecule has 2 aliphatic heterocycles. The van der Waals surface area contributed by atoms with Gasteiger partial charge in [0, 0.05) is 0 Å². The topological polar surface area (TPSA) is 149 Å². The normalized spacial score (nSPS) is 15.2. The predicted molar refractivity (Wildman–Crippen MR) is 87.8 cm³/mol. The van der Waals surface area contributed by atoms with Crippen LogP contribution in [0.2, 0.25) is 0 Å². The van der Waals surface area contributed by atoms with E-state index >= 15 is 0 Å². The molecule has 0 aromatic heterocycles. The molecule has 11 heteroatoms. The SMILES string of the molecule is O=C(O)c1ccc2c(c1)C(=O)N([I-]N1C(=O)c3ccc(C(=O)O)cc3C1=O)C2=O. The number of aromatic carboxylic acids is 2. The molecule has 0 saturated carbocycles. The number of halogens is 1. The van der Waals surface area contributed by atoms with Crippen LogP contribution in [-0.4, -0.2) is 52.0 Å². The van der Waals surface area contributed by atoms with Crippen LogP contribution in [0.1, 0.15) is 62.1 Å². The van der Waals surface area contributed by atoms with Crippen LogP contribution in [0.4, 0.5) is 0 Å². The van der Waals surface area contributed by atoms with Gasteiger partial charge in [-0.15, -0.1) is 0 Å². The van der Waals surface area contributed by atoms with E-state index in [9.17, 15) is 28.8 Å². The Morgan fingerprint density at radius 1 is 0.621 bits per heavy atom. The number of fused-ring (bicyclic) bond motifs is 2. The Bertz CT molecular complexity index is 1100. The summed E-state index contributed by atoms with van der Waals surface area (Å²) in [5.74, 6) is -5.56. The van der Waals surface area contributed by atoms with E-state index in [1.165, 1.54) is 24.3 Å². The number of benzene rings is 2. The number of carbonyl (C=O) groups excluding carboxylic acids is 4. The van der Waals surface area contributed by atoms with Gasteiger partial charge in [-0.3, -0.25) is 0 Å². The first kappa shape index (κ1) is 18.7. The van der Waals surface area contributed by atoms with Crippen molar-refractivity contribution in [1.82, 2.24) is 6.23 Å². The number of amides is 4. The molecule has 0 atom stereocenters. The van der Waals surface area contributed by atoms with Gasteiger partial charge in [-0.25, -0.2) is 0 Å². The van der Waals surface area contributed by atoms with E-state index in [1.54, 1.807) is 0 Å². The fourth-order valence-corrected chi connectivity index (χ4v) is 5.16. The number of carboxylic acids is 2. The Morgan fingerprint density at radius 2 is 0.966 bits per heavy atom. The summed E-state index contributed by atoms with van der Waals surface area (Å²) in [6, 6.07) is 6.94. The van der Waals surface area contributed by atoms with Gasteiger partial charge in [0.15, 0.2) is 0 Å². The zero-order valence-corrected chi connectivity index (χ0v) is 16.2. The molecule has 2 aromatic rings. The van der Waals surface area contributed by atoms with Crippen molar-refractivity contribution in [3.8, 4) is 0 Å². The van der Waals surface area contributed by atoms with Gasteiger partial charge in [-0.05, 0) is 0 Å². The van der Waals surface area contributed by atoms with Crippen molar-refractivity contribution in [2.75, 3.05) is 0 Å². The Kier molecular flexibility index (Phi) is 4.19. The molecule has 0 saturated heterocycles. The van der Waals surface area contributed by atoms with E-state index in [4.69, 9.17) is 10.2 Å². The van der Waals surface area contributed by atoms with Crippen molar-refractivity contribution in [2.24, 2.45) is 0 Å². The Hall–Kier alpha value is -3.61. The van der Waals surface area contributed by atoms with Crippen molar-refractivity contribution < 1.29 is 60.7 Å². The number of carboxylic acid groups (broad SMARTS) is 2. The molecule has 2 heterocycles. The molecule has 0 radical (unpaired) electrons. The van der Waals surface area contributed by atoms with E-state index in [1.807, 2.05) is 0 Å². The monoisotopic (exact) mass is 507 g/mol. The third-order valence-electron chi connectivity index (χ3n) is 4.32. The minimum absolute atomic E-state index is 0.00975. The number of imide groups is 2. The zero-order chi connectivity index (χ0) is 21.0. The van der Waals surface area contributed by atoms with Crippen LogP contribution in [0.3, 0.4) is 0 Å². The average Bonchev–Trinajstić information content (AvgIpc) is 3.08. The molecule has 0 unspecified atom stereocenters. The quantitative estimate of drug-likeness (QED) is 0.272. The molecule has 2 N–H and O–H groups in total. The molecule has 0 fully saturated rings. The van der Waals surface area contributed by atoms with E-state index in [-0.39, 0.29) is 33.4 Å². The molecule has 0 aliphatic carbocycles. The standard InChI is InChI=1S/C18H8IN2O8/c22-13-9-3-1-7(17(26)27)5-11(9)15(24)20(13)19-21-14(23)10-4-2-8(18(28)29)6-12(10)16(21)25/h1-6H,(H,26,27)(H,28,29)/q-1. The number of carbonyl (C=O) groups is 6. The molecule has 0 bridgehead atoms.